The molecule has 0 bridgehead atoms. The number of ketones is 3. The Bertz CT molecular complexity index is 772. The molecule has 8 atom stereocenters. The average molecular weight is 417 g/mol. The molecule has 0 radical (unpaired) electrons. The van der Waals surface area contributed by atoms with E-state index in [-0.39, 0.29) is 63.9 Å². The minimum absolute atomic E-state index is 0.00266. The van der Waals surface area contributed by atoms with Crippen molar-refractivity contribution in [1.82, 2.24) is 0 Å². The van der Waals surface area contributed by atoms with Crippen LogP contribution in [0.4, 0.5) is 0 Å². The molecule has 5 heteroatoms. The first kappa shape index (κ1) is 21.7. The predicted octanol–water partition coefficient (Wildman–Crippen LogP) is 4.16. The number of fused-ring (bicyclic) bond motifs is 5. The minimum atomic E-state index is -0.204. The fourth-order valence-electron chi connectivity index (χ4n) is 8.05. The summed E-state index contributed by atoms with van der Waals surface area (Å²) in [6, 6.07) is 0. The van der Waals surface area contributed by atoms with Crippen molar-refractivity contribution >= 4 is 23.3 Å². The lowest BCUT2D eigenvalue weighted by Gasteiger charge is -2.59. The minimum Gasteiger partial charge on any atom is -0.469 e. The molecule has 0 aromatic rings. The second kappa shape index (κ2) is 7.56. The highest BCUT2D eigenvalue weighted by Crippen LogP contribution is 2.66. The van der Waals surface area contributed by atoms with Crippen LogP contribution in [0.2, 0.25) is 0 Å². The topological polar surface area (TPSA) is 77.5 Å². The summed E-state index contributed by atoms with van der Waals surface area (Å²) in [4.78, 5) is 50.4. The zero-order valence-corrected chi connectivity index (χ0v) is 18.9. The smallest absolute Gasteiger partial charge is 0.305 e. The average Bonchev–Trinajstić information content (AvgIpc) is 2.98. The van der Waals surface area contributed by atoms with Crippen LogP contribution in [0.15, 0.2) is 0 Å². The molecule has 4 rings (SSSR count). The number of carbonyl (C=O) groups is 4. The Morgan fingerprint density at radius 3 is 2.50 bits per heavy atom. The lowest BCUT2D eigenvalue weighted by molar-refractivity contribution is -0.162. The maximum absolute atomic E-state index is 13.4. The molecule has 4 aliphatic rings. The number of rotatable bonds is 4. The summed E-state index contributed by atoms with van der Waals surface area (Å²) < 4.78 is 4.80. The Morgan fingerprint density at radius 1 is 1.07 bits per heavy atom. The summed E-state index contributed by atoms with van der Waals surface area (Å²) in [5, 5.41) is 0. The second-order valence-corrected chi connectivity index (χ2v) is 11.1. The van der Waals surface area contributed by atoms with E-state index in [1.54, 1.807) is 0 Å². The standard InChI is InChI=1S/C25H36O5/c1-14(5-6-21(29)30-4)18-13-20(28)23-22-17(8-10-25(18,23)3)24(2)9-7-16(26)11-15(24)12-19(22)27/h14-15,17-18,22-23H,5-13H2,1-4H3/t14-,15+,17+,18-,22+,23?,24+,25-/m1/s1. The van der Waals surface area contributed by atoms with E-state index in [4.69, 9.17) is 4.74 Å². The highest BCUT2D eigenvalue weighted by molar-refractivity contribution is 5.94. The van der Waals surface area contributed by atoms with Crippen LogP contribution in [0.5, 0.6) is 0 Å². The molecule has 4 fully saturated rings. The molecular weight excluding hydrogens is 380 g/mol. The summed E-state index contributed by atoms with van der Waals surface area (Å²) in [5.41, 5.74) is -0.167. The Morgan fingerprint density at radius 2 is 1.80 bits per heavy atom. The van der Waals surface area contributed by atoms with Crippen molar-refractivity contribution in [2.45, 2.75) is 78.6 Å². The van der Waals surface area contributed by atoms with E-state index < -0.39 is 0 Å². The molecule has 4 saturated carbocycles. The summed E-state index contributed by atoms with van der Waals surface area (Å²) in [7, 11) is 1.41. The zero-order valence-electron chi connectivity index (χ0n) is 18.9. The molecule has 30 heavy (non-hydrogen) atoms. The van der Waals surface area contributed by atoms with Crippen LogP contribution in [-0.4, -0.2) is 30.4 Å². The fraction of sp³-hybridized carbons (Fsp3) is 0.840. The molecule has 0 N–H and O–H groups in total. The number of Topliss-reactive ketones (excluding diaryl/α,β-unsaturated/α-hetero) is 3. The van der Waals surface area contributed by atoms with Crippen LogP contribution in [-0.2, 0) is 23.9 Å². The van der Waals surface area contributed by atoms with Crippen molar-refractivity contribution < 1.29 is 23.9 Å². The van der Waals surface area contributed by atoms with Gasteiger partial charge in [0, 0.05) is 43.9 Å². The predicted molar refractivity (Wildman–Crippen MR) is 111 cm³/mol. The van der Waals surface area contributed by atoms with Gasteiger partial charge in [-0.25, -0.2) is 0 Å². The monoisotopic (exact) mass is 416 g/mol. The van der Waals surface area contributed by atoms with E-state index in [1.807, 2.05) is 0 Å². The molecule has 4 aliphatic carbocycles. The Balaban J connectivity index is 1.60. The molecule has 5 nitrogen and oxygen atoms in total. The molecule has 0 aliphatic heterocycles. The second-order valence-electron chi connectivity index (χ2n) is 11.1. The largest absolute Gasteiger partial charge is 0.469 e. The summed E-state index contributed by atoms with van der Waals surface area (Å²) in [6.45, 7) is 6.66. The third-order valence-electron chi connectivity index (χ3n) is 9.85. The van der Waals surface area contributed by atoms with E-state index in [0.717, 1.165) is 25.7 Å². The lowest BCUT2D eigenvalue weighted by Crippen LogP contribution is -2.58. The molecule has 0 saturated heterocycles. The summed E-state index contributed by atoms with van der Waals surface area (Å²) in [5.74, 6) is 1.04. The van der Waals surface area contributed by atoms with E-state index in [0.29, 0.717) is 37.9 Å². The van der Waals surface area contributed by atoms with Crippen LogP contribution in [0.25, 0.3) is 0 Å². The van der Waals surface area contributed by atoms with Gasteiger partial charge in [-0.3, -0.25) is 19.2 Å². The molecule has 0 heterocycles. The van der Waals surface area contributed by atoms with Gasteiger partial charge in [-0.1, -0.05) is 20.8 Å². The maximum atomic E-state index is 13.4. The third-order valence-corrected chi connectivity index (χ3v) is 9.85. The third kappa shape index (κ3) is 3.18. The van der Waals surface area contributed by atoms with Gasteiger partial charge in [0.05, 0.1) is 7.11 Å². The van der Waals surface area contributed by atoms with Gasteiger partial charge in [0.2, 0.25) is 0 Å². The van der Waals surface area contributed by atoms with Crippen molar-refractivity contribution in [1.29, 1.82) is 0 Å². The number of hydrogen-bond acceptors (Lipinski definition) is 5. The van der Waals surface area contributed by atoms with Crippen LogP contribution in [0.3, 0.4) is 0 Å². The first-order chi connectivity index (χ1) is 14.1. The van der Waals surface area contributed by atoms with Gasteiger partial charge in [0.15, 0.2) is 0 Å². The number of esters is 1. The lowest BCUT2D eigenvalue weighted by atomic mass is 9.44. The first-order valence-corrected chi connectivity index (χ1v) is 11.8. The molecule has 0 amide bonds. The van der Waals surface area contributed by atoms with Gasteiger partial charge in [-0.15, -0.1) is 0 Å². The maximum Gasteiger partial charge on any atom is 0.305 e. The Kier molecular flexibility index (Phi) is 5.47. The Hall–Kier alpha value is -1.52. The number of ether oxygens (including phenoxy) is 1. The normalized spacial score (nSPS) is 44.1. The van der Waals surface area contributed by atoms with Gasteiger partial charge >= 0.3 is 5.97 Å². The van der Waals surface area contributed by atoms with Crippen LogP contribution in [0, 0.1) is 46.3 Å². The number of carbonyl (C=O) groups excluding carboxylic acids is 4. The van der Waals surface area contributed by atoms with Gasteiger partial charge in [-0.05, 0) is 60.2 Å². The van der Waals surface area contributed by atoms with E-state index >= 15 is 0 Å². The van der Waals surface area contributed by atoms with E-state index in [2.05, 4.69) is 20.8 Å². The summed E-state index contributed by atoms with van der Waals surface area (Å²) >= 11 is 0. The summed E-state index contributed by atoms with van der Waals surface area (Å²) in [6.07, 6.45) is 6.03. The highest BCUT2D eigenvalue weighted by atomic mass is 16.5. The van der Waals surface area contributed by atoms with Crippen LogP contribution < -0.4 is 0 Å². The van der Waals surface area contributed by atoms with E-state index in [1.165, 1.54) is 7.11 Å². The molecule has 166 valence electrons. The molecular formula is C25H36O5. The number of methoxy groups -OCH3 is 1. The van der Waals surface area contributed by atoms with Gasteiger partial charge < -0.3 is 4.74 Å². The van der Waals surface area contributed by atoms with Crippen LogP contribution >= 0.6 is 0 Å². The molecule has 1 unspecified atom stereocenters. The van der Waals surface area contributed by atoms with Gasteiger partial charge in [0.25, 0.3) is 0 Å². The van der Waals surface area contributed by atoms with E-state index in [9.17, 15) is 19.2 Å². The SMILES string of the molecule is COC(=O)CC[C@@H](C)[C@H]1CC(=O)C2[C@@H]3C(=O)C[C@@H]4CC(=O)CC[C@]4(C)[C@H]3CC[C@@]21C. The zero-order chi connectivity index (χ0) is 21.8. The van der Waals surface area contributed by atoms with Gasteiger partial charge in [-0.2, -0.15) is 0 Å². The number of hydrogen-bond donors (Lipinski definition) is 0. The van der Waals surface area contributed by atoms with Crippen LogP contribution in [0.1, 0.15) is 78.6 Å². The van der Waals surface area contributed by atoms with Crippen molar-refractivity contribution in [3.8, 4) is 0 Å². The molecule has 0 aromatic carbocycles. The Labute approximate surface area is 179 Å². The first-order valence-electron chi connectivity index (χ1n) is 11.8. The molecule has 0 aromatic heterocycles. The fourth-order valence-corrected chi connectivity index (χ4v) is 8.05. The highest BCUT2D eigenvalue weighted by Gasteiger charge is 2.65. The molecule has 0 spiro atoms. The van der Waals surface area contributed by atoms with Crippen molar-refractivity contribution in [2.75, 3.05) is 7.11 Å². The van der Waals surface area contributed by atoms with Crippen molar-refractivity contribution in [2.24, 2.45) is 46.3 Å². The quantitative estimate of drug-likeness (QED) is 0.643. The van der Waals surface area contributed by atoms with Crippen molar-refractivity contribution in [3.63, 3.8) is 0 Å². The van der Waals surface area contributed by atoms with Gasteiger partial charge in [0.1, 0.15) is 17.3 Å². The van der Waals surface area contributed by atoms with Crippen molar-refractivity contribution in [3.05, 3.63) is 0 Å².